The summed E-state index contributed by atoms with van der Waals surface area (Å²) in [6.07, 6.45) is 0. The van der Waals surface area contributed by atoms with Gasteiger partial charge in [0.05, 0.1) is 20.1 Å². The van der Waals surface area contributed by atoms with E-state index in [0.29, 0.717) is 0 Å². The van der Waals surface area contributed by atoms with E-state index in [4.69, 9.17) is 116 Å². The Morgan fingerprint density at radius 1 is 0.444 bits per heavy atom. The Labute approximate surface area is 153 Å². The Bertz CT molecular complexity index is 406. The van der Waals surface area contributed by atoms with Crippen molar-refractivity contribution in [3.05, 3.63) is 31.2 Å². The van der Waals surface area contributed by atoms with Crippen molar-refractivity contribution >= 4 is 116 Å². The van der Waals surface area contributed by atoms with Crippen LogP contribution in [0.1, 0.15) is 11.1 Å². The maximum absolute atomic E-state index is 5.96. The molecular weight excluding hydrogens is 451 g/mol. The first-order chi connectivity index (χ1) is 7.89. The van der Waals surface area contributed by atoms with Crippen LogP contribution < -0.4 is 0 Å². The zero-order chi connectivity index (χ0) is 14.5. The number of hydrogen-bond acceptors (Lipinski definition) is 0. The van der Waals surface area contributed by atoms with Crippen molar-refractivity contribution in [1.82, 2.24) is 0 Å². The molecule has 1 rings (SSSR count). The van der Waals surface area contributed by atoms with Crippen molar-refractivity contribution in [2.45, 2.75) is 7.59 Å². The molecule has 0 atom stereocenters. The fraction of sp³-hybridized carbons (Fsp3) is 0.250. The molecule has 0 saturated heterocycles. The lowest BCUT2D eigenvalue weighted by atomic mass is 10.1. The van der Waals surface area contributed by atoms with E-state index < -0.39 is 7.59 Å². The van der Waals surface area contributed by atoms with Gasteiger partial charge in [0.2, 0.25) is 7.59 Å². The van der Waals surface area contributed by atoms with Gasteiger partial charge in [0.25, 0.3) is 0 Å². The quantitative estimate of drug-likeness (QED) is 0.278. The Hall–Kier alpha value is 2.12. The summed E-state index contributed by atoms with van der Waals surface area (Å²) in [5.41, 5.74) is -0.160. The van der Waals surface area contributed by atoms with Gasteiger partial charge in [0.15, 0.2) is 0 Å². The van der Waals surface area contributed by atoms with Crippen LogP contribution in [0.15, 0.2) is 0 Å². The van der Waals surface area contributed by atoms with Crippen LogP contribution >= 0.6 is 116 Å². The topological polar surface area (TPSA) is 0 Å². The minimum Gasteiger partial charge on any atom is -0.0822 e. The summed E-state index contributed by atoms with van der Waals surface area (Å²) in [5, 5.41) is -0.584. The third kappa shape index (κ3) is 3.65. The molecule has 0 radical (unpaired) electrons. The summed E-state index contributed by atoms with van der Waals surface area (Å²) in [6, 6.07) is 0. The highest BCUT2D eigenvalue weighted by Gasteiger charge is 2.38. The van der Waals surface area contributed by atoms with E-state index in [1.165, 1.54) is 0 Å². The highest BCUT2D eigenvalue weighted by Crippen LogP contribution is 2.55. The van der Waals surface area contributed by atoms with Gasteiger partial charge < -0.3 is 0 Å². The molecule has 0 unspecified atom stereocenters. The van der Waals surface area contributed by atoms with Crippen LogP contribution in [0.5, 0.6) is 0 Å². The molecule has 0 saturated carbocycles. The maximum Gasteiger partial charge on any atom is 0.219 e. The van der Waals surface area contributed by atoms with Crippen molar-refractivity contribution in [3.63, 3.8) is 0 Å². The third-order valence-electron chi connectivity index (χ3n) is 1.83. The largest absolute Gasteiger partial charge is 0.219 e. The van der Waals surface area contributed by atoms with Crippen molar-refractivity contribution < 1.29 is 0 Å². The summed E-state index contributed by atoms with van der Waals surface area (Å²) in [7, 11) is 0. The predicted octanol–water partition coefficient (Wildman–Crippen LogP) is 7.95. The van der Waals surface area contributed by atoms with E-state index in [2.05, 4.69) is 0 Å². The molecule has 1 aromatic carbocycles. The predicted molar refractivity (Wildman–Crippen MR) is 85.0 cm³/mol. The molecular formula is C8Cl10. The van der Waals surface area contributed by atoms with E-state index in [-0.39, 0.29) is 31.2 Å². The lowest BCUT2D eigenvalue weighted by Crippen LogP contribution is -2.09. The fourth-order valence-electron chi connectivity index (χ4n) is 1.13. The molecule has 18 heavy (non-hydrogen) atoms. The van der Waals surface area contributed by atoms with Crippen molar-refractivity contribution in [3.8, 4) is 0 Å². The van der Waals surface area contributed by atoms with Gasteiger partial charge in [0, 0.05) is 11.1 Å². The molecule has 0 bridgehead atoms. The molecule has 0 spiro atoms. The molecule has 0 N–H and O–H groups in total. The zero-order valence-corrected chi connectivity index (χ0v) is 15.3. The molecule has 10 heteroatoms. The van der Waals surface area contributed by atoms with Gasteiger partial charge >= 0.3 is 0 Å². The maximum atomic E-state index is 5.96. The van der Waals surface area contributed by atoms with Gasteiger partial charge in [-0.3, -0.25) is 0 Å². The summed E-state index contributed by atoms with van der Waals surface area (Å²) < 4.78 is -3.85. The minimum atomic E-state index is -1.92. The van der Waals surface area contributed by atoms with E-state index in [9.17, 15) is 0 Å². The Morgan fingerprint density at radius 2 is 0.611 bits per heavy atom. The fourth-order valence-corrected chi connectivity index (χ4v) is 4.26. The average Bonchev–Trinajstić information content (AvgIpc) is 2.10. The molecule has 0 aliphatic carbocycles. The first-order valence-corrected chi connectivity index (χ1v) is 7.67. The summed E-state index contributed by atoms with van der Waals surface area (Å²) in [6.45, 7) is 0. The van der Waals surface area contributed by atoms with Crippen LogP contribution in [0.2, 0.25) is 20.1 Å². The Morgan fingerprint density at radius 3 is 0.722 bits per heavy atom. The highest BCUT2D eigenvalue weighted by molar-refractivity contribution is 6.70. The average molecular weight is 451 g/mol. The Kier molecular flexibility index (Phi) is 6.14. The lowest BCUT2D eigenvalue weighted by Gasteiger charge is -2.23. The van der Waals surface area contributed by atoms with Crippen molar-refractivity contribution in [1.29, 1.82) is 0 Å². The molecule has 0 aliphatic heterocycles. The molecule has 0 nitrogen and oxygen atoms in total. The summed E-state index contributed by atoms with van der Waals surface area (Å²) in [5.74, 6) is 0. The number of halogens is 10. The normalized spacial score (nSPS) is 13.0. The lowest BCUT2D eigenvalue weighted by molar-refractivity contribution is 1.19. The highest BCUT2D eigenvalue weighted by atomic mass is 35.6. The van der Waals surface area contributed by atoms with Crippen molar-refractivity contribution in [2.24, 2.45) is 0 Å². The molecule has 1 aromatic rings. The Balaban J connectivity index is 3.79. The first-order valence-electron chi connectivity index (χ1n) is 3.89. The van der Waals surface area contributed by atoms with Crippen LogP contribution in [-0.2, 0) is 7.59 Å². The van der Waals surface area contributed by atoms with Crippen LogP contribution in [-0.4, -0.2) is 0 Å². The molecule has 0 aliphatic rings. The second-order valence-electron chi connectivity index (χ2n) is 3.00. The van der Waals surface area contributed by atoms with Crippen LogP contribution in [0, 0.1) is 0 Å². The second-order valence-corrected chi connectivity index (χ2v) is 9.08. The van der Waals surface area contributed by atoms with Gasteiger partial charge in [-0.2, -0.15) is 0 Å². The molecule has 0 heterocycles. The van der Waals surface area contributed by atoms with E-state index >= 15 is 0 Å². The molecule has 0 amide bonds. The second kappa shape index (κ2) is 6.08. The van der Waals surface area contributed by atoms with Gasteiger partial charge in [0.1, 0.15) is 0 Å². The standard InChI is InChI=1S/C8Cl10/c9-3-1(7(13,14)15)4(10)6(12)2(5(3)11)8(16,17)18. The minimum absolute atomic E-state index is 0.0798. The van der Waals surface area contributed by atoms with Crippen LogP contribution in [0.25, 0.3) is 0 Å². The molecule has 102 valence electrons. The first kappa shape index (κ1) is 18.2. The van der Waals surface area contributed by atoms with Crippen molar-refractivity contribution in [2.75, 3.05) is 0 Å². The van der Waals surface area contributed by atoms with Crippen LogP contribution in [0.3, 0.4) is 0 Å². The zero-order valence-electron chi connectivity index (χ0n) is 7.78. The van der Waals surface area contributed by atoms with E-state index in [1.54, 1.807) is 0 Å². The molecule has 0 fully saturated rings. The molecule has 0 aromatic heterocycles. The third-order valence-corrected chi connectivity index (χ3v) is 4.67. The van der Waals surface area contributed by atoms with Gasteiger partial charge in [-0.05, 0) is 0 Å². The van der Waals surface area contributed by atoms with E-state index in [1.807, 2.05) is 0 Å². The van der Waals surface area contributed by atoms with Gasteiger partial charge in [-0.15, -0.1) is 0 Å². The van der Waals surface area contributed by atoms with Crippen LogP contribution in [0.4, 0.5) is 0 Å². The van der Waals surface area contributed by atoms with Gasteiger partial charge in [-0.1, -0.05) is 116 Å². The smallest absolute Gasteiger partial charge is 0.0822 e. The number of hydrogen-bond donors (Lipinski definition) is 0. The summed E-state index contributed by atoms with van der Waals surface area (Å²) in [4.78, 5) is 0. The van der Waals surface area contributed by atoms with E-state index in [0.717, 1.165) is 0 Å². The van der Waals surface area contributed by atoms with Gasteiger partial charge in [-0.25, -0.2) is 0 Å². The monoisotopic (exact) mass is 446 g/mol. The number of alkyl halides is 6. The number of benzene rings is 1. The summed E-state index contributed by atoms with van der Waals surface area (Å²) >= 11 is 58.2. The SMILES string of the molecule is Clc1c(Cl)c(C(Cl)(Cl)Cl)c(Cl)c(Cl)c1C(Cl)(Cl)Cl. The number of rotatable bonds is 0.